The fourth-order valence-electron chi connectivity index (χ4n) is 1.53. The second kappa shape index (κ2) is 3.84. The quantitative estimate of drug-likeness (QED) is 0.721. The van der Waals surface area contributed by atoms with E-state index in [1.165, 1.54) is 0 Å². The van der Waals surface area contributed by atoms with Gasteiger partial charge in [-0.2, -0.15) is 0 Å². The van der Waals surface area contributed by atoms with E-state index in [9.17, 15) is 5.11 Å². The van der Waals surface area contributed by atoms with E-state index in [1.807, 2.05) is 26.0 Å². The van der Waals surface area contributed by atoms with Crippen molar-refractivity contribution in [2.24, 2.45) is 5.73 Å². The molecule has 0 aromatic heterocycles. The van der Waals surface area contributed by atoms with Crippen molar-refractivity contribution < 1.29 is 5.11 Å². The molecule has 0 heterocycles. The lowest BCUT2D eigenvalue weighted by atomic mass is 9.88. The summed E-state index contributed by atoms with van der Waals surface area (Å²) in [6, 6.07) is 5.54. The molecule has 1 aromatic carbocycles. The van der Waals surface area contributed by atoms with Gasteiger partial charge in [0.05, 0.1) is 0 Å². The van der Waals surface area contributed by atoms with Crippen molar-refractivity contribution in [1.82, 2.24) is 0 Å². The Labute approximate surface area is 85.1 Å². The highest BCUT2D eigenvalue weighted by atomic mass is 16.3. The summed E-state index contributed by atoms with van der Waals surface area (Å²) in [6.07, 6.45) is 2.41. The number of aryl methyl sites for hydroxylation is 1. The predicted molar refractivity (Wildman–Crippen MR) is 59.2 cm³/mol. The van der Waals surface area contributed by atoms with E-state index in [2.05, 4.69) is 6.58 Å². The Morgan fingerprint density at radius 1 is 1.57 bits per heavy atom. The van der Waals surface area contributed by atoms with Crippen LogP contribution >= 0.6 is 0 Å². The van der Waals surface area contributed by atoms with Crippen LogP contribution in [-0.2, 0) is 5.54 Å². The fourth-order valence-corrected chi connectivity index (χ4v) is 1.53. The summed E-state index contributed by atoms with van der Waals surface area (Å²) in [6.45, 7) is 7.48. The van der Waals surface area contributed by atoms with Gasteiger partial charge in [-0.25, -0.2) is 0 Å². The van der Waals surface area contributed by atoms with Crippen molar-refractivity contribution in [2.45, 2.75) is 25.8 Å². The molecule has 14 heavy (non-hydrogen) atoms. The molecule has 0 saturated carbocycles. The highest BCUT2D eigenvalue weighted by Gasteiger charge is 2.22. The molecule has 0 aliphatic heterocycles. The summed E-state index contributed by atoms with van der Waals surface area (Å²) in [4.78, 5) is 0. The zero-order chi connectivity index (χ0) is 10.8. The smallest absolute Gasteiger partial charge is 0.120 e. The molecule has 1 rings (SSSR count). The minimum absolute atomic E-state index is 0.261. The van der Waals surface area contributed by atoms with Gasteiger partial charge in [0.1, 0.15) is 5.75 Å². The van der Waals surface area contributed by atoms with Gasteiger partial charge in [-0.3, -0.25) is 0 Å². The predicted octanol–water partition coefficient (Wildman–Crippen LogP) is 2.45. The van der Waals surface area contributed by atoms with Crippen molar-refractivity contribution in [3.63, 3.8) is 0 Å². The lowest BCUT2D eigenvalue weighted by molar-refractivity contribution is 0.426. The van der Waals surface area contributed by atoms with Crippen molar-refractivity contribution in [3.05, 3.63) is 42.0 Å². The first-order chi connectivity index (χ1) is 6.47. The third-order valence-electron chi connectivity index (χ3n) is 2.34. The van der Waals surface area contributed by atoms with E-state index in [-0.39, 0.29) is 5.75 Å². The molecule has 1 aromatic rings. The standard InChI is InChI=1S/C12H17NO/c1-4-7-12(3,13)10-6-5-9(2)8-11(10)14/h4-6,8,14H,1,7,13H2,2-3H3/t12-/m1/s1. The van der Waals surface area contributed by atoms with E-state index in [0.717, 1.165) is 11.1 Å². The van der Waals surface area contributed by atoms with Crippen molar-refractivity contribution in [3.8, 4) is 5.75 Å². The molecule has 1 atom stereocenters. The number of nitrogens with two attached hydrogens (primary N) is 1. The van der Waals surface area contributed by atoms with Crippen LogP contribution in [0.2, 0.25) is 0 Å². The third-order valence-corrected chi connectivity index (χ3v) is 2.34. The molecule has 0 aliphatic carbocycles. The summed E-state index contributed by atoms with van der Waals surface area (Å²) in [5.41, 5.74) is 7.32. The van der Waals surface area contributed by atoms with E-state index >= 15 is 0 Å². The molecule has 0 aliphatic rings. The Balaban J connectivity index is 3.12. The van der Waals surface area contributed by atoms with Crippen molar-refractivity contribution in [1.29, 1.82) is 0 Å². The van der Waals surface area contributed by atoms with Crippen LogP contribution in [0.5, 0.6) is 5.75 Å². The van der Waals surface area contributed by atoms with E-state index in [0.29, 0.717) is 6.42 Å². The molecule has 0 spiro atoms. The first kappa shape index (κ1) is 10.8. The maximum absolute atomic E-state index is 9.74. The highest BCUT2D eigenvalue weighted by Crippen LogP contribution is 2.30. The largest absolute Gasteiger partial charge is 0.508 e. The Kier molecular flexibility index (Phi) is 2.96. The van der Waals surface area contributed by atoms with Gasteiger partial charge in [0.2, 0.25) is 0 Å². The minimum atomic E-state index is -0.542. The van der Waals surface area contributed by atoms with Gasteiger partial charge in [0, 0.05) is 11.1 Å². The number of phenols is 1. The average molecular weight is 191 g/mol. The summed E-state index contributed by atoms with van der Waals surface area (Å²) in [5.74, 6) is 0.261. The van der Waals surface area contributed by atoms with E-state index in [4.69, 9.17) is 5.73 Å². The fraction of sp³-hybridized carbons (Fsp3) is 0.333. The van der Waals surface area contributed by atoms with Crippen LogP contribution in [-0.4, -0.2) is 5.11 Å². The monoisotopic (exact) mass is 191 g/mol. The maximum atomic E-state index is 9.74. The molecule has 0 unspecified atom stereocenters. The normalized spacial score (nSPS) is 14.8. The van der Waals surface area contributed by atoms with Crippen LogP contribution in [0.25, 0.3) is 0 Å². The lowest BCUT2D eigenvalue weighted by Crippen LogP contribution is -2.32. The SMILES string of the molecule is C=CC[C@@](C)(N)c1ccc(C)cc1O. The molecule has 2 nitrogen and oxygen atoms in total. The van der Waals surface area contributed by atoms with Crippen LogP contribution in [0.15, 0.2) is 30.9 Å². The number of rotatable bonds is 3. The van der Waals surface area contributed by atoms with Gasteiger partial charge in [-0.15, -0.1) is 6.58 Å². The maximum Gasteiger partial charge on any atom is 0.120 e. The Morgan fingerprint density at radius 3 is 2.71 bits per heavy atom. The van der Waals surface area contributed by atoms with E-state index < -0.39 is 5.54 Å². The number of aromatic hydroxyl groups is 1. The summed E-state index contributed by atoms with van der Waals surface area (Å²) < 4.78 is 0. The number of benzene rings is 1. The van der Waals surface area contributed by atoms with Gasteiger partial charge in [-0.05, 0) is 31.9 Å². The molecule has 0 radical (unpaired) electrons. The lowest BCUT2D eigenvalue weighted by Gasteiger charge is -2.24. The summed E-state index contributed by atoms with van der Waals surface area (Å²) in [5, 5.41) is 9.74. The van der Waals surface area contributed by atoms with Crippen molar-refractivity contribution in [2.75, 3.05) is 0 Å². The van der Waals surface area contributed by atoms with Gasteiger partial charge in [-0.1, -0.05) is 18.2 Å². The molecule has 3 N–H and O–H groups in total. The van der Waals surface area contributed by atoms with Gasteiger partial charge >= 0.3 is 0 Å². The third kappa shape index (κ3) is 2.15. The Morgan fingerprint density at radius 2 is 2.21 bits per heavy atom. The number of hydrogen-bond donors (Lipinski definition) is 2. The van der Waals surface area contributed by atoms with Crippen LogP contribution in [0, 0.1) is 6.92 Å². The molecule has 0 bridgehead atoms. The first-order valence-corrected chi connectivity index (χ1v) is 4.67. The Hall–Kier alpha value is -1.28. The molecule has 0 fully saturated rings. The van der Waals surface area contributed by atoms with Crippen LogP contribution in [0.4, 0.5) is 0 Å². The Bertz CT molecular complexity index is 342. The molecular weight excluding hydrogens is 174 g/mol. The van der Waals surface area contributed by atoms with Gasteiger partial charge in [0.25, 0.3) is 0 Å². The van der Waals surface area contributed by atoms with Crippen LogP contribution < -0.4 is 5.73 Å². The number of phenolic OH excluding ortho intramolecular Hbond substituents is 1. The molecule has 2 heteroatoms. The minimum Gasteiger partial charge on any atom is -0.508 e. The first-order valence-electron chi connectivity index (χ1n) is 4.67. The zero-order valence-electron chi connectivity index (χ0n) is 8.75. The molecular formula is C12H17NO. The van der Waals surface area contributed by atoms with E-state index in [1.54, 1.807) is 12.1 Å². The molecule has 0 saturated heterocycles. The van der Waals surface area contributed by atoms with Gasteiger partial charge in [0.15, 0.2) is 0 Å². The van der Waals surface area contributed by atoms with Crippen molar-refractivity contribution >= 4 is 0 Å². The van der Waals surface area contributed by atoms with Crippen LogP contribution in [0.1, 0.15) is 24.5 Å². The topological polar surface area (TPSA) is 46.2 Å². The zero-order valence-corrected chi connectivity index (χ0v) is 8.75. The van der Waals surface area contributed by atoms with Crippen LogP contribution in [0.3, 0.4) is 0 Å². The van der Waals surface area contributed by atoms with Gasteiger partial charge < -0.3 is 10.8 Å². The summed E-state index contributed by atoms with van der Waals surface area (Å²) in [7, 11) is 0. The number of hydrogen-bond acceptors (Lipinski definition) is 2. The average Bonchev–Trinajstić information content (AvgIpc) is 2.02. The summed E-state index contributed by atoms with van der Waals surface area (Å²) >= 11 is 0. The second-order valence-electron chi connectivity index (χ2n) is 3.93. The molecule has 0 amide bonds. The second-order valence-corrected chi connectivity index (χ2v) is 3.93. The highest BCUT2D eigenvalue weighted by molar-refractivity contribution is 5.40. The molecule has 76 valence electrons.